The number of nitrogens with zero attached hydrogens (tertiary/aromatic N) is 1. The summed E-state index contributed by atoms with van der Waals surface area (Å²) in [5.41, 5.74) is 0.408. The molecule has 3 fully saturated rings. The van der Waals surface area contributed by atoms with Gasteiger partial charge >= 0.3 is 5.97 Å². The summed E-state index contributed by atoms with van der Waals surface area (Å²) in [4.78, 5) is 51.4. The van der Waals surface area contributed by atoms with Crippen LogP contribution in [-0.2, 0) is 19.1 Å². The van der Waals surface area contributed by atoms with Gasteiger partial charge in [-0.25, -0.2) is 0 Å². The van der Waals surface area contributed by atoms with E-state index in [0.717, 1.165) is 6.42 Å². The minimum Gasteiger partial charge on any atom is -0.497 e. The van der Waals surface area contributed by atoms with E-state index in [2.05, 4.69) is 31.9 Å². The number of halogens is 2. The molecule has 0 aromatic heterocycles. The molecule has 3 aliphatic rings. The van der Waals surface area contributed by atoms with Crippen molar-refractivity contribution in [2.24, 2.45) is 23.7 Å². The Morgan fingerprint density at radius 1 is 1.03 bits per heavy atom. The van der Waals surface area contributed by atoms with Gasteiger partial charge in [0.05, 0.1) is 25.4 Å². The normalized spacial score (nSPS) is 31.8. The molecule has 1 aromatic rings. The average Bonchev–Trinajstić information content (AvgIpc) is 3.35. The Morgan fingerprint density at radius 2 is 1.60 bits per heavy atom. The predicted molar refractivity (Wildman–Crippen MR) is 114 cm³/mol. The molecule has 160 valence electrons. The number of carbonyl (C=O) groups is 4. The first-order chi connectivity index (χ1) is 14.3. The van der Waals surface area contributed by atoms with Gasteiger partial charge < -0.3 is 9.47 Å². The first kappa shape index (κ1) is 21.5. The van der Waals surface area contributed by atoms with E-state index >= 15 is 0 Å². The van der Waals surface area contributed by atoms with Crippen molar-refractivity contribution in [1.82, 2.24) is 4.90 Å². The molecule has 2 bridgehead atoms. The van der Waals surface area contributed by atoms with E-state index in [4.69, 9.17) is 9.47 Å². The molecule has 0 radical (unpaired) electrons. The zero-order valence-electron chi connectivity index (χ0n) is 16.3. The summed E-state index contributed by atoms with van der Waals surface area (Å²) in [7, 11) is 1.53. The number of ketones is 1. The van der Waals surface area contributed by atoms with Crippen LogP contribution in [0.25, 0.3) is 0 Å². The Labute approximate surface area is 190 Å². The molecule has 2 saturated carbocycles. The van der Waals surface area contributed by atoms with E-state index < -0.39 is 5.97 Å². The lowest BCUT2D eigenvalue weighted by molar-refractivity contribution is -0.145. The van der Waals surface area contributed by atoms with Crippen LogP contribution in [0.3, 0.4) is 0 Å². The number of fused-ring (bicyclic) bond motifs is 5. The number of alkyl halides is 2. The number of carbonyl (C=O) groups excluding carboxylic acids is 4. The van der Waals surface area contributed by atoms with Crippen molar-refractivity contribution in [2.45, 2.75) is 22.5 Å². The molecule has 0 N–H and O–H groups in total. The second kappa shape index (κ2) is 8.42. The minimum absolute atomic E-state index is 0.0143. The van der Waals surface area contributed by atoms with E-state index in [-0.39, 0.29) is 70.5 Å². The van der Waals surface area contributed by atoms with Crippen LogP contribution in [0.4, 0.5) is 0 Å². The second-order valence-corrected chi connectivity index (χ2v) is 10.0. The highest BCUT2D eigenvalue weighted by molar-refractivity contribution is 9.12. The van der Waals surface area contributed by atoms with Crippen molar-refractivity contribution in [3.05, 3.63) is 29.8 Å². The van der Waals surface area contributed by atoms with Crippen LogP contribution in [0.5, 0.6) is 5.75 Å². The summed E-state index contributed by atoms with van der Waals surface area (Å²) in [6.07, 6.45) is 0.736. The van der Waals surface area contributed by atoms with Gasteiger partial charge in [0, 0.05) is 21.8 Å². The number of ether oxygens (including phenoxy) is 2. The van der Waals surface area contributed by atoms with Crippen LogP contribution in [0.1, 0.15) is 23.2 Å². The monoisotopic (exact) mass is 541 g/mol. The van der Waals surface area contributed by atoms with Crippen LogP contribution < -0.4 is 4.74 Å². The number of amides is 2. The fraction of sp³-hybridized carbons (Fsp3) is 0.524. The maximum absolute atomic E-state index is 12.8. The largest absolute Gasteiger partial charge is 0.497 e. The fourth-order valence-corrected chi connectivity index (χ4v) is 6.79. The van der Waals surface area contributed by atoms with Gasteiger partial charge in [0.1, 0.15) is 5.75 Å². The number of methoxy groups -OCH3 is 1. The summed E-state index contributed by atoms with van der Waals surface area (Å²) >= 11 is 7.29. The maximum Gasteiger partial charge on any atom is 0.308 e. The second-order valence-electron chi connectivity index (χ2n) is 7.89. The SMILES string of the molecule is COc1ccc(C(=O)COC(=O)CCN2C(=O)[C@@H]3[C@@H]4C[C@@H]([C@H](Br)[C@@H]4Br)[C@@H]3C2=O)cc1. The van der Waals surface area contributed by atoms with E-state index in [1.54, 1.807) is 24.3 Å². The van der Waals surface area contributed by atoms with Gasteiger partial charge in [0.25, 0.3) is 0 Å². The summed E-state index contributed by atoms with van der Waals surface area (Å²) in [6, 6.07) is 6.49. The Morgan fingerprint density at radius 3 is 2.13 bits per heavy atom. The molecular formula is C21H21Br2NO6. The number of imide groups is 1. The van der Waals surface area contributed by atoms with Gasteiger partial charge in [-0.2, -0.15) is 0 Å². The highest BCUT2D eigenvalue weighted by Gasteiger charge is 2.66. The van der Waals surface area contributed by atoms with Crippen molar-refractivity contribution in [3.63, 3.8) is 0 Å². The van der Waals surface area contributed by atoms with Crippen LogP contribution >= 0.6 is 31.9 Å². The lowest BCUT2D eigenvalue weighted by Crippen LogP contribution is -2.37. The zero-order chi connectivity index (χ0) is 21.6. The van der Waals surface area contributed by atoms with E-state index in [9.17, 15) is 19.2 Å². The smallest absolute Gasteiger partial charge is 0.308 e. The molecule has 1 saturated heterocycles. The van der Waals surface area contributed by atoms with Gasteiger partial charge in [-0.15, -0.1) is 0 Å². The number of hydrogen-bond donors (Lipinski definition) is 0. The Balaban J connectivity index is 1.28. The summed E-state index contributed by atoms with van der Waals surface area (Å²) < 4.78 is 10.1. The first-order valence-electron chi connectivity index (χ1n) is 9.79. The molecule has 4 rings (SSSR count). The molecule has 0 unspecified atom stereocenters. The molecule has 0 spiro atoms. The third-order valence-corrected chi connectivity index (χ3v) is 9.60. The summed E-state index contributed by atoms with van der Waals surface area (Å²) in [5.74, 6) is -1.03. The first-order valence-corrected chi connectivity index (χ1v) is 11.6. The van der Waals surface area contributed by atoms with Gasteiger partial charge in [0.2, 0.25) is 11.8 Å². The molecular weight excluding hydrogens is 522 g/mol. The highest BCUT2D eigenvalue weighted by Crippen LogP contribution is 2.60. The third kappa shape index (κ3) is 3.60. The topological polar surface area (TPSA) is 90.0 Å². The number of Topliss-reactive ketones (excluding diaryl/α,β-unsaturated/α-hetero) is 1. The molecule has 9 heteroatoms. The van der Waals surface area contributed by atoms with Gasteiger partial charge in [-0.05, 0) is 42.5 Å². The number of benzene rings is 1. The zero-order valence-corrected chi connectivity index (χ0v) is 19.4. The quantitative estimate of drug-likeness (QED) is 0.228. The molecule has 1 aromatic carbocycles. The Kier molecular flexibility index (Phi) is 6.03. The van der Waals surface area contributed by atoms with Crippen molar-refractivity contribution >= 4 is 55.4 Å². The van der Waals surface area contributed by atoms with Crippen LogP contribution in [-0.4, -0.2) is 58.4 Å². The van der Waals surface area contributed by atoms with Crippen molar-refractivity contribution in [2.75, 3.05) is 20.3 Å². The molecule has 30 heavy (non-hydrogen) atoms. The van der Waals surface area contributed by atoms with Gasteiger partial charge in [0.15, 0.2) is 12.4 Å². The summed E-state index contributed by atoms with van der Waals surface area (Å²) in [6.45, 7) is -0.404. The molecule has 6 atom stereocenters. The fourth-order valence-electron chi connectivity index (χ4n) is 4.91. The van der Waals surface area contributed by atoms with Crippen molar-refractivity contribution in [3.8, 4) is 5.75 Å². The Hall–Kier alpha value is -1.74. The van der Waals surface area contributed by atoms with Crippen molar-refractivity contribution in [1.29, 1.82) is 0 Å². The van der Waals surface area contributed by atoms with Crippen LogP contribution in [0.2, 0.25) is 0 Å². The maximum atomic E-state index is 12.8. The lowest BCUT2D eigenvalue weighted by atomic mass is 9.81. The molecule has 2 aliphatic carbocycles. The van der Waals surface area contributed by atoms with E-state index in [1.807, 2.05) is 0 Å². The average molecular weight is 543 g/mol. The molecule has 7 nitrogen and oxygen atoms in total. The van der Waals surface area contributed by atoms with Crippen LogP contribution in [0, 0.1) is 23.7 Å². The van der Waals surface area contributed by atoms with Gasteiger partial charge in [-0.1, -0.05) is 31.9 Å². The standard InChI is InChI=1S/C21H21Br2NO6/c1-29-11-4-2-10(3-5-11)14(25)9-30-15(26)6-7-24-20(27)16-12-8-13(17(16)21(24)28)19(23)18(12)22/h2-5,12-13,16-19H,6-9H2,1H3/t12-,13+,16+,17-,18+,19-. The molecule has 1 heterocycles. The predicted octanol–water partition coefficient (Wildman–Crippen LogP) is 2.59. The number of rotatable bonds is 7. The lowest BCUT2D eigenvalue weighted by Gasteiger charge is -2.28. The molecule has 2 amide bonds. The number of likely N-dealkylation sites (tertiary alicyclic amines) is 1. The minimum atomic E-state index is -0.616. The van der Waals surface area contributed by atoms with E-state index in [0.29, 0.717) is 11.3 Å². The highest BCUT2D eigenvalue weighted by atomic mass is 79.9. The third-order valence-electron chi connectivity index (χ3n) is 6.39. The molecule has 1 aliphatic heterocycles. The van der Waals surface area contributed by atoms with Crippen molar-refractivity contribution < 1.29 is 28.7 Å². The van der Waals surface area contributed by atoms with Gasteiger partial charge in [-0.3, -0.25) is 24.1 Å². The number of hydrogen-bond acceptors (Lipinski definition) is 6. The number of esters is 1. The Bertz CT molecular complexity index is 856. The summed E-state index contributed by atoms with van der Waals surface area (Å²) in [5, 5.41) is 0. The van der Waals surface area contributed by atoms with Crippen LogP contribution in [0.15, 0.2) is 24.3 Å². The van der Waals surface area contributed by atoms with E-state index in [1.165, 1.54) is 12.0 Å².